The van der Waals surface area contributed by atoms with Crippen LogP contribution >= 0.6 is 0 Å². The van der Waals surface area contributed by atoms with Crippen LogP contribution in [0.5, 0.6) is 0 Å². The SMILES string of the molecule is NC(CC[C@H](N)C(=O)OCc1ccccc1)C(=O)O. The number of carbonyl (C=O) groups is 2. The number of aliphatic carboxylic acids is 1. The maximum absolute atomic E-state index is 11.6. The molecule has 0 aromatic heterocycles. The first-order valence-electron chi connectivity index (χ1n) is 5.95. The van der Waals surface area contributed by atoms with Gasteiger partial charge in [-0.05, 0) is 18.4 Å². The number of hydrogen-bond donors (Lipinski definition) is 3. The highest BCUT2D eigenvalue weighted by molar-refractivity contribution is 5.76. The predicted octanol–water partition coefficient (Wildman–Crippen LogP) is 0.249. The van der Waals surface area contributed by atoms with Gasteiger partial charge in [0.05, 0.1) is 0 Å². The van der Waals surface area contributed by atoms with Gasteiger partial charge in [0, 0.05) is 0 Å². The van der Waals surface area contributed by atoms with E-state index in [9.17, 15) is 9.59 Å². The number of carbonyl (C=O) groups excluding carboxylic acids is 1. The Kier molecular flexibility index (Phi) is 5.98. The van der Waals surface area contributed by atoms with Crippen molar-refractivity contribution in [1.29, 1.82) is 0 Å². The van der Waals surface area contributed by atoms with Crippen LogP contribution < -0.4 is 11.5 Å². The number of carboxylic acids is 1. The number of carboxylic acid groups (broad SMARTS) is 1. The molecule has 6 heteroatoms. The summed E-state index contributed by atoms with van der Waals surface area (Å²) in [6.07, 6.45) is 0.317. The van der Waals surface area contributed by atoms with Crippen molar-refractivity contribution in [3.63, 3.8) is 0 Å². The molecule has 0 saturated carbocycles. The molecule has 0 saturated heterocycles. The van der Waals surface area contributed by atoms with Crippen molar-refractivity contribution in [2.75, 3.05) is 0 Å². The molecule has 1 aromatic rings. The Morgan fingerprint density at radius 1 is 1.11 bits per heavy atom. The molecule has 0 heterocycles. The lowest BCUT2D eigenvalue weighted by Gasteiger charge is -2.12. The van der Waals surface area contributed by atoms with Gasteiger partial charge in [-0.3, -0.25) is 9.59 Å². The van der Waals surface area contributed by atoms with Crippen molar-refractivity contribution in [2.45, 2.75) is 31.5 Å². The highest BCUT2D eigenvalue weighted by Crippen LogP contribution is 2.04. The Bertz CT molecular complexity index is 422. The number of ether oxygens (including phenoxy) is 1. The molecule has 2 atom stereocenters. The molecule has 104 valence electrons. The molecule has 1 unspecified atom stereocenters. The summed E-state index contributed by atoms with van der Waals surface area (Å²) in [5.41, 5.74) is 11.8. The predicted molar refractivity (Wildman–Crippen MR) is 69.1 cm³/mol. The van der Waals surface area contributed by atoms with Crippen molar-refractivity contribution < 1.29 is 19.4 Å². The molecule has 1 aromatic carbocycles. The Balaban J connectivity index is 2.31. The number of nitrogens with two attached hydrogens (primary N) is 2. The normalized spacial score (nSPS) is 13.6. The summed E-state index contributed by atoms with van der Waals surface area (Å²) in [6.45, 7) is 0.151. The Morgan fingerprint density at radius 2 is 1.68 bits per heavy atom. The lowest BCUT2D eigenvalue weighted by Crippen LogP contribution is -2.36. The zero-order valence-corrected chi connectivity index (χ0v) is 10.5. The third-order valence-electron chi connectivity index (χ3n) is 2.63. The van der Waals surface area contributed by atoms with E-state index in [0.29, 0.717) is 0 Å². The fraction of sp³-hybridized carbons (Fsp3) is 0.385. The van der Waals surface area contributed by atoms with Gasteiger partial charge in [-0.25, -0.2) is 0 Å². The second-order valence-electron chi connectivity index (χ2n) is 4.22. The van der Waals surface area contributed by atoms with E-state index in [0.717, 1.165) is 5.56 Å². The van der Waals surface area contributed by atoms with Gasteiger partial charge in [0.25, 0.3) is 0 Å². The Labute approximate surface area is 111 Å². The Morgan fingerprint density at radius 3 is 2.26 bits per heavy atom. The summed E-state index contributed by atoms with van der Waals surface area (Å²) in [7, 11) is 0. The molecular weight excluding hydrogens is 248 g/mol. The van der Waals surface area contributed by atoms with Gasteiger partial charge in [-0.2, -0.15) is 0 Å². The summed E-state index contributed by atoms with van der Waals surface area (Å²) in [5.74, 6) is -1.66. The third-order valence-corrected chi connectivity index (χ3v) is 2.63. The van der Waals surface area contributed by atoms with E-state index >= 15 is 0 Å². The molecule has 0 amide bonds. The minimum atomic E-state index is -1.11. The quantitative estimate of drug-likeness (QED) is 0.609. The second kappa shape index (κ2) is 7.50. The highest BCUT2D eigenvalue weighted by Gasteiger charge is 2.19. The monoisotopic (exact) mass is 266 g/mol. The van der Waals surface area contributed by atoms with Crippen LogP contribution in [0.25, 0.3) is 0 Å². The minimum Gasteiger partial charge on any atom is -0.480 e. The van der Waals surface area contributed by atoms with Crippen molar-refractivity contribution in [1.82, 2.24) is 0 Å². The largest absolute Gasteiger partial charge is 0.480 e. The van der Waals surface area contributed by atoms with E-state index in [-0.39, 0.29) is 19.4 Å². The zero-order valence-electron chi connectivity index (χ0n) is 10.5. The molecule has 0 aliphatic rings. The Hall–Kier alpha value is -1.92. The number of benzene rings is 1. The van der Waals surface area contributed by atoms with Crippen LogP contribution in [0.2, 0.25) is 0 Å². The first-order valence-corrected chi connectivity index (χ1v) is 5.95. The number of esters is 1. The summed E-state index contributed by atoms with van der Waals surface area (Å²) < 4.78 is 5.03. The van der Waals surface area contributed by atoms with Gasteiger partial charge in [0.1, 0.15) is 18.7 Å². The van der Waals surface area contributed by atoms with Crippen LogP contribution in [0, 0.1) is 0 Å². The molecule has 0 aliphatic carbocycles. The van der Waals surface area contributed by atoms with Crippen LogP contribution in [0.4, 0.5) is 0 Å². The number of hydrogen-bond acceptors (Lipinski definition) is 5. The summed E-state index contributed by atoms with van der Waals surface area (Å²) in [6, 6.07) is 7.36. The van der Waals surface area contributed by atoms with Crippen LogP contribution in [-0.4, -0.2) is 29.1 Å². The standard InChI is InChI=1S/C13H18N2O4/c14-10(12(16)17)6-7-11(15)13(18)19-8-9-4-2-1-3-5-9/h1-5,10-11H,6-8,14-15H2,(H,16,17)/t10?,11-/m0/s1. The molecule has 0 radical (unpaired) electrons. The van der Waals surface area contributed by atoms with Gasteiger partial charge in [0.15, 0.2) is 0 Å². The molecular formula is C13H18N2O4. The third kappa shape index (κ3) is 5.50. The van der Waals surface area contributed by atoms with Gasteiger partial charge in [-0.15, -0.1) is 0 Å². The van der Waals surface area contributed by atoms with Gasteiger partial charge >= 0.3 is 11.9 Å². The zero-order chi connectivity index (χ0) is 14.3. The lowest BCUT2D eigenvalue weighted by atomic mass is 10.1. The molecule has 19 heavy (non-hydrogen) atoms. The van der Waals surface area contributed by atoms with Crippen molar-refractivity contribution >= 4 is 11.9 Å². The van der Waals surface area contributed by atoms with Gasteiger partial charge < -0.3 is 21.3 Å². The van der Waals surface area contributed by atoms with Gasteiger partial charge in [0.2, 0.25) is 0 Å². The first-order chi connectivity index (χ1) is 9.00. The van der Waals surface area contributed by atoms with E-state index < -0.39 is 24.0 Å². The lowest BCUT2D eigenvalue weighted by molar-refractivity contribution is -0.147. The van der Waals surface area contributed by atoms with E-state index in [1.165, 1.54) is 0 Å². The second-order valence-corrected chi connectivity index (χ2v) is 4.22. The van der Waals surface area contributed by atoms with Crippen LogP contribution in [0.15, 0.2) is 30.3 Å². The molecule has 5 N–H and O–H groups in total. The number of rotatable bonds is 7. The molecule has 0 fully saturated rings. The van der Waals surface area contributed by atoms with E-state index in [1.54, 1.807) is 0 Å². The molecule has 1 rings (SSSR count). The average molecular weight is 266 g/mol. The molecule has 0 aliphatic heterocycles. The topological polar surface area (TPSA) is 116 Å². The molecule has 0 spiro atoms. The van der Waals surface area contributed by atoms with Crippen LogP contribution in [0.3, 0.4) is 0 Å². The van der Waals surface area contributed by atoms with Crippen LogP contribution in [0.1, 0.15) is 18.4 Å². The highest BCUT2D eigenvalue weighted by atomic mass is 16.5. The summed E-state index contributed by atoms with van der Waals surface area (Å²) in [5, 5.41) is 8.60. The fourth-order valence-electron chi connectivity index (χ4n) is 1.44. The van der Waals surface area contributed by atoms with E-state index in [1.807, 2.05) is 30.3 Å². The molecule has 0 bridgehead atoms. The van der Waals surface area contributed by atoms with Gasteiger partial charge in [-0.1, -0.05) is 30.3 Å². The van der Waals surface area contributed by atoms with Crippen molar-refractivity contribution in [3.05, 3.63) is 35.9 Å². The summed E-state index contributed by atoms with van der Waals surface area (Å²) >= 11 is 0. The smallest absolute Gasteiger partial charge is 0.323 e. The molecule has 6 nitrogen and oxygen atoms in total. The van der Waals surface area contributed by atoms with E-state index in [2.05, 4.69) is 0 Å². The maximum Gasteiger partial charge on any atom is 0.323 e. The maximum atomic E-state index is 11.6. The summed E-state index contributed by atoms with van der Waals surface area (Å²) in [4.78, 5) is 22.1. The average Bonchev–Trinajstić information content (AvgIpc) is 2.42. The minimum absolute atomic E-state index is 0.136. The van der Waals surface area contributed by atoms with E-state index in [4.69, 9.17) is 21.3 Å². The van der Waals surface area contributed by atoms with Crippen molar-refractivity contribution in [2.24, 2.45) is 11.5 Å². The van der Waals surface area contributed by atoms with Crippen LogP contribution in [-0.2, 0) is 20.9 Å². The first kappa shape index (κ1) is 15.1. The van der Waals surface area contributed by atoms with Crippen molar-refractivity contribution in [3.8, 4) is 0 Å². The fourth-order valence-corrected chi connectivity index (χ4v) is 1.44.